The van der Waals surface area contributed by atoms with Crippen molar-refractivity contribution in [2.24, 2.45) is 17.8 Å². The van der Waals surface area contributed by atoms with Crippen LogP contribution in [-0.2, 0) is 6.42 Å². The molecular formula is C33H32N8O. The molecule has 2 aromatic carbocycles. The summed E-state index contributed by atoms with van der Waals surface area (Å²) in [6.45, 7) is 4.03. The first-order valence-corrected chi connectivity index (χ1v) is 14.4. The van der Waals surface area contributed by atoms with Crippen molar-refractivity contribution in [1.29, 1.82) is 5.26 Å². The first kappa shape index (κ1) is 26.0. The van der Waals surface area contributed by atoms with Gasteiger partial charge in [0.15, 0.2) is 11.6 Å². The molecular weight excluding hydrogens is 524 g/mol. The molecule has 2 bridgehead atoms. The van der Waals surface area contributed by atoms with Gasteiger partial charge >= 0.3 is 0 Å². The summed E-state index contributed by atoms with van der Waals surface area (Å²) in [5, 5.41) is 21.0. The molecule has 2 N–H and O–H groups in total. The number of aryl methyl sites for hydroxylation is 2. The van der Waals surface area contributed by atoms with Gasteiger partial charge in [-0.1, -0.05) is 18.2 Å². The van der Waals surface area contributed by atoms with E-state index >= 15 is 0 Å². The molecule has 5 aromatic rings. The number of piperidine rings is 2. The number of pyridine rings is 1. The van der Waals surface area contributed by atoms with Crippen molar-refractivity contribution >= 4 is 28.4 Å². The molecule has 3 aromatic heterocycles. The smallest absolute Gasteiger partial charge is 0.163 e. The van der Waals surface area contributed by atoms with Gasteiger partial charge in [-0.3, -0.25) is 5.10 Å². The zero-order valence-electron chi connectivity index (χ0n) is 23.7. The minimum Gasteiger partial charge on any atom is -0.495 e. The number of hydrogen-bond acceptors (Lipinski definition) is 8. The van der Waals surface area contributed by atoms with Gasteiger partial charge in [-0.25, -0.2) is 15.0 Å². The lowest BCUT2D eigenvalue weighted by atomic mass is 9.60. The molecule has 2 aliphatic heterocycles. The van der Waals surface area contributed by atoms with Crippen molar-refractivity contribution in [3.05, 3.63) is 83.7 Å². The molecule has 0 amide bonds. The Labute approximate surface area is 244 Å². The number of anilines is 3. The first-order valence-electron chi connectivity index (χ1n) is 14.4. The van der Waals surface area contributed by atoms with E-state index in [0.29, 0.717) is 40.6 Å². The molecule has 210 valence electrons. The van der Waals surface area contributed by atoms with Crippen LogP contribution >= 0.6 is 0 Å². The third-order valence-corrected chi connectivity index (χ3v) is 8.76. The largest absolute Gasteiger partial charge is 0.495 e. The third kappa shape index (κ3) is 4.90. The van der Waals surface area contributed by atoms with Gasteiger partial charge in [-0.2, -0.15) is 10.4 Å². The fraction of sp³-hybridized carbons (Fsp3) is 0.303. The van der Waals surface area contributed by atoms with E-state index in [1.165, 1.54) is 12.0 Å². The van der Waals surface area contributed by atoms with Crippen LogP contribution in [0.1, 0.15) is 29.7 Å². The monoisotopic (exact) mass is 556 g/mol. The van der Waals surface area contributed by atoms with Crippen LogP contribution < -0.4 is 15.0 Å². The van der Waals surface area contributed by atoms with Gasteiger partial charge in [-0.15, -0.1) is 0 Å². The second-order valence-corrected chi connectivity index (χ2v) is 11.4. The van der Waals surface area contributed by atoms with Crippen LogP contribution in [-0.4, -0.2) is 45.3 Å². The zero-order valence-corrected chi connectivity index (χ0v) is 23.7. The number of hydrogen-bond donors (Lipinski definition) is 2. The Kier molecular flexibility index (Phi) is 6.67. The summed E-state index contributed by atoms with van der Waals surface area (Å²) in [5.41, 5.74) is 4.53. The number of H-pyrrole nitrogens is 1. The summed E-state index contributed by atoms with van der Waals surface area (Å²) in [7, 11) is 1.61. The highest BCUT2D eigenvalue weighted by molar-refractivity contribution is 5.92. The topological polar surface area (TPSA) is 116 Å². The van der Waals surface area contributed by atoms with Crippen LogP contribution in [0.15, 0.2) is 66.9 Å². The average molecular weight is 557 g/mol. The van der Waals surface area contributed by atoms with Crippen LogP contribution in [0.5, 0.6) is 5.75 Å². The molecule has 0 radical (unpaired) electrons. The zero-order chi connectivity index (χ0) is 28.6. The highest BCUT2D eigenvalue weighted by atomic mass is 16.5. The van der Waals surface area contributed by atoms with E-state index in [-0.39, 0.29) is 0 Å². The highest BCUT2D eigenvalue weighted by Crippen LogP contribution is 2.48. The molecule has 8 rings (SSSR count). The van der Waals surface area contributed by atoms with Gasteiger partial charge in [0.25, 0.3) is 0 Å². The van der Waals surface area contributed by atoms with Crippen LogP contribution in [0.3, 0.4) is 0 Å². The van der Waals surface area contributed by atoms with Crippen molar-refractivity contribution in [2.75, 3.05) is 30.4 Å². The Hall–Kier alpha value is -4.97. The fourth-order valence-electron chi connectivity index (χ4n) is 6.59. The van der Waals surface area contributed by atoms with Gasteiger partial charge in [0, 0.05) is 42.0 Å². The number of methoxy groups -OCH3 is 1. The molecule has 1 aliphatic carbocycles. The SMILES string of the molecule is COc1ccc(CCC2C3CC2CN(c2ccc(-c4nc(Nc5cc(C)[nH]n5)c5ccccc5n4)cn2)C3)cc1C#N. The second kappa shape index (κ2) is 10.8. The van der Waals surface area contributed by atoms with Crippen LogP contribution in [0.25, 0.3) is 22.3 Å². The van der Waals surface area contributed by atoms with E-state index in [0.717, 1.165) is 59.8 Å². The van der Waals surface area contributed by atoms with Crippen LogP contribution in [0.2, 0.25) is 0 Å². The number of benzene rings is 2. The number of nitrogens with zero attached hydrogens (tertiary/aromatic N) is 6. The quantitative estimate of drug-likeness (QED) is 0.237. The number of nitrogens with one attached hydrogen (secondary N) is 2. The lowest BCUT2D eigenvalue weighted by Gasteiger charge is -2.54. The number of nitriles is 1. The Morgan fingerprint density at radius 3 is 2.67 bits per heavy atom. The summed E-state index contributed by atoms with van der Waals surface area (Å²) in [6, 6.07) is 22.3. The van der Waals surface area contributed by atoms with Gasteiger partial charge in [-0.05, 0) is 85.9 Å². The normalized spacial score (nSPS) is 19.3. The predicted octanol–water partition coefficient (Wildman–Crippen LogP) is 6.05. The molecule has 9 heteroatoms. The third-order valence-electron chi connectivity index (χ3n) is 8.76. The van der Waals surface area contributed by atoms with E-state index in [2.05, 4.69) is 44.7 Å². The maximum absolute atomic E-state index is 9.41. The summed E-state index contributed by atoms with van der Waals surface area (Å²) in [5.74, 6) is 5.80. The summed E-state index contributed by atoms with van der Waals surface area (Å²) >= 11 is 0. The molecule has 0 spiro atoms. The standard InChI is InChI=1S/C33H32N8O/c1-20-13-30(40-39-20)37-33-27-5-3-4-6-28(27)36-32(38-33)22-9-12-31(35-17-22)41-18-24-15-25(19-41)26(24)10-7-21-8-11-29(42-2)23(14-21)16-34/h3-6,8-9,11-14,17,24-26H,7,10,15,18-19H2,1-2H3,(H2,36,37,38,39,40). The molecule has 3 aliphatic rings. The van der Waals surface area contributed by atoms with E-state index in [4.69, 9.17) is 19.7 Å². The Morgan fingerprint density at radius 2 is 1.93 bits per heavy atom. The number of aromatic amines is 1. The van der Waals surface area contributed by atoms with E-state index in [1.54, 1.807) is 7.11 Å². The van der Waals surface area contributed by atoms with E-state index < -0.39 is 0 Å². The van der Waals surface area contributed by atoms with Gasteiger partial charge in [0.05, 0.1) is 18.2 Å². The Balaban J connectivity index is 1.03. The summed E-state index contributed by atoms with van der Waals surface area (Å²) < 4.78 is 5.29. The molecule has 2 saturated heterocycles. The molecule has 3 fully saturated rings. The number of aromatic nitrogens is 5. The van der Waals surface area contributed by atoms with E-state index in [1.807, 2.05) is 55.6 Å². The number of fused-ring (bicyclic) bond motifs is 3. The second-order valence-electron chi connectivity index (χ2n) is 11.4. The summed E-state index contributed by atoms with van der Waals surface area (Å²) in [6.07, 6.45) is 5.32. The highest BCUT2D eigenvalue weighted by Gasteiger charge is 2.46. The molecule has 1 saturated carbocycles. The lowest BCUT2D eigenvalue weighted by Crippen LogP contribution is -2.55. The first-order chi connectivity index (χ1) is 20.6. The lowest BCUT2D eigenvalue weighted by molar-refractivity contribution is 0.0413. The average Bonchev–Trinajstić information content (AvgIpc) is 3.45. The van der Waals surface area contributed by atoms with Crippen molar-refractivity contribution in [1.82, 2.24) is 25.1 Å². The van der Waals surface area contributed by atoms with Crippen molar-refractivity contribution in [2.45, 2.75) is 26.2 Å². The Bertz CT molecular complexity index is 1780. The minimum absolute atomic E-state index is 0.610. The number of rotatable bonds is 8. The van der Waals surface area contributed by atoms with Gasteiger partial charge in [0.1, 0.15) is 23.5 Å². The van der Waals surface area contributed by atoms with Gasteiger partial charge < -0.3 is 15.0 Å². The number of para-hydroxylation sites is 1. The Morgan fingerprint density at radius 1 is 1.07 bits per heavy atom. The van der Waals surface area contributed by atoms with Crippen LogP contribution in [0.4, 0.5) is 17.5 Å². The fourth-order valence-corrected chi connectivity index (χ4v) is 6.59. The maximum Gasteiger partial charge on any atom is 0.163 e. The molecule has 2 unspecified atom stereocenters. The van der Waals surface area contributed by atoms with Gasteiger partial charge in [0.2, 0.25) is 0 Å². The van der Waals surface area contributed by atoms with Crippen molar-refractivity contribution in [3.8, 4) is 23.2 Å². The maximum atomic E-state index is 9.41. The molecule has 2 atom stereocenters. The predicted molar refractivity (Wildman–Crippen MR) is 163 cm³/mol. The molecule has 9 nitrogen and oxygen atoms in total. The molecule has 42 heavy (non-hydrogen) atoms. The summed E-state index contributed by atoms with van der Waals surface area (Å²) in [4.78, 5) is 17.0. The molecule has 5 heterocycles. The van der Waals surface area contributed by atoms with E-state index in [9.17, 15) is 5.26 Å². The minimum atomic E-state index is 0.610. The van der Waals surface area contributed by atoms with Crippen molar-refractivity contribution in [3.63, 3.8) is 0 Å². The van der Waals surface area contributed by atoms with Crippen LogP contribution in [0, 0.1) is 36.0 Å². The van der Waals surface area contributed by atoms with Crippen molar-refractivity contribution < 1.29 is 4.74 Å². The number of ether oxygens (including phenoxy) is 1.